The van der Waals surface area contributed by atoms with E-state index in [1.807, 2.05) is 42.5 Å². The molecular formula is C19H21NO4S. The molecule has 0 aliphatic heterocycles. The summed E-state index contributed by atoms with van der Waals surface area (Å²) in [5, 5.41) is 8.58. The van der Waals surface area contributed by atoms with E-state index in [1.54, 1.807) is 35.8 Å². The molecule has 5 nitrogen and oxygen atoms in total. The maximum absolute atomic E-state index is 12.2. The maximum atomic E-state index is 12.2. The number of rotatable bonds is 9. The Morgan fingerprint density at radius 2 is 1.76 bits per heavy atom. The number of nitrogens with zero attached hydrogens (tertiary/aromatic N) is 1. The molecule has 2 aromatic carbocycles. The summed E-state index contributed by atoms with van der Waals surface area (Å²) in [7, 11) is 1.78. The third kappa shape index (κ3) is 6.89. The number of benzene rings is 2. The molecule has 132 valence electrons. The van der Waals surface area contributed by atoms with Crippen molar-refractivity contribution in [3.8, 4) is 5.75 Å². The Hall–Kier alpha value is -2.47. The monoisotopic (exact) mass is 359 g/mol. The van der Waals surface area contributed by atoms with Crippen molar-refractivity contribution in [1.29, 1.82) is 0 Å². The van der Waals surface area contributed by atoms with Crippen LogP contribution in [-0.4, -0.2) is 41.3 Å². The van der Waals surface area contributed by atoms with Crippen molar-refractivity contribution in [2.75, 3.05) is 19.4 Å². The van der Waals surface area contributed by atoms with Crippen LogP contribution >= 0.6 is 11.8 Å². The van der Waals surface area contributed by atoms with Crippen LogP contribution in [0.25, 0.3) is 0 Å². The first kappa shape index (κ1) is 18.9. The first-order valence-corrected chi connectivity index (χ1v) is 8.88. The van der Waals surface area contributed by atoms with E-state index in [2.05, 4.69) is 0 Å². The van der Waals surface area contributed by atoms with Crippen molar-refractivity contribution in [3.05, 3.63) is 60.2 Å². The molecule has 0 aromatic heterocycles. The summed E-state index contributed by atoms with van der Waals surface area (Å²) in [5.41, 5.74) is 0.967. The molecule has 0 bridgehead atoms. The average molecular weight is 359 g/mol. The van der Waals surface area contributed by atoms with Gasteiger partial charge in [-0.05, 0) is 29.8 Å². The van der Waals surface area contributed by atoms with Crippen LogP contribution in [0.5, 0.6) is 5.75 Å². The summed E-state index contributed by atoms with van der Waals surface area (Å²) in [6, 6.07) is 17.1. The van der Waals surface area contributed by atoms with Gasteiger partial charge in [0.15, 0.2) is 6.61 Å². The second-order valence-electron chi connectivity index (χ2n) is 5.49. The highest BCUT2D eigenvalue weighted by molar-refractivity contribution is 7.99. The van der Waals surface area contributed by atoms with Gasteiger partial charge in [-0.3, -0.25) is 4.79 Å². The fourth-order valence-corrected chi connectivity index (χ4v) is 3.02. The minimum Gasteiger partial charge on any atom is -0.482 e. The number of carboxylic acids is 1. The van der Waals surface area contributed by atoms with Gasteiger partial charge in [-0.15, -0.1) is 11.8 Å². The highest BCUT2D eigenvalue weighted by atomic mass is 32.2. The predicted octanol–water partition coefficient (Wildman–Crippen LogP) is 3.29. The zero-order valence-corrected chi connectivity index (χ0v) is 14.9. The Morgan fingerprint density at radius 3 is 2.40 bits per heavy atom. The molecule has 0 saturated heterocycles. The van der Waals surface area contributed by atoms with Gasteiger partial charge in [0.2, 0.25) is 5.91 Å². The highest BCUT2D eigenvalue weighted by Crippen LogP contribution is 2.18. The van der Waals surface area contributed by atoms with Crippen molar-refractivity contribution in [1.82, 2.24) is 4.90 Å². The molecule has 0 unspecified atom stereocenters. The lowest BCUT2D eigenvalue weighted by Gasteiger charge is -2.17. The number of ether oxygens (including phenoxy) is 1. The zero-order chi connectivity index (χ0) is 18.1. The third-order valence-corrected chi connectivity index (χ3v) is 4.47. The smallest absolute Gasteiger partial charge is 0.341 e. The molecule has 0 radical (unpaired) electrons. The number of amides is 1. The molecule has 0 saturated carbocycles. The molecule has 0 atom stereocenters. The van der Waals surface area contributed by atoms with Gasteiger partial charge >= 0.3 is 5.97 Å². The number of carbonyl (C=O) groups excluding carboxylic acids is 1. The molecule has 25 heavy (non-hydrogen) atoms. The molecule has 0 spiro atoms. The van der Waals surface area contributed by atoms with Crippen molar-refractivity contribution < 1.29 is 19.4 Å². The quantitative estimate of drug-likeness (QED) is 0.696. The van der Waals surface area contributed by atoms with E-state index in [4.69, 9.17) is 9.84 Å². The van der Waals surface area contributed by atoms with Gasteiger partial charge in [-0.25, -0.2) is 4.79 Å². The lowest BCUT2D eigenvalue weighted by Crippen LogP contribution is -2.26. The molecule has 6 heteroatoms. The number of hydrogen-bond acceptors (Lipinski definition) is 4. The van der Waals surface area contributed by atoms with Gasteiger partial charge in [0.25, 0.3) is 0 Å². The molecule has 0 fully saturated rings. The number of carboxylic acid groups (broad SMARTS) is 1. The fourth-order valence-electron chi connectivity index (χ4n) is 2.16. The SMILES string of the molecule is CN(Cc1ccc(OCC(=O)O)cc1)C(=O)CCSc1ccccc1. The lowest BCUT2D eigenvalue weighted by molar-refractivity contribution is -0.139. The topological polar surface area (TPSA) is 66.8 Å². The summed E-state index contributed by atoms with van der Waals surface area (Å²) in [6.45, 7) is 0.144. The Labute approximate surface area is 151 Å². The van der Waals surface area contributed by atoms with E-state index >= 15 is 0 Å². The number of hydrogen-bond donors (Lipinski definition) is 1. The van der Waals surface area contributed by atoms with Crippen LogP contribution in [0.2, 0.25) is 0 Å². The fraction of sp³-hybridized carbons (Fsp3) is 0.263. The second kappa shape index (κ2) is 9.74. The summed E-state index contributed by atoms with van der Waals surface area (Å²) in [5.74, 6) is 0.326. The Kier molecular flexibility index (Phi) is 7.35. The van der Waals surface area contributed by atoms with Gasteiger partial charge < -0.3 is 14.7 Å². The van der Waals surface area contributed by atoms with Crippen LogP contribution in [0.4, 0.5) is 0 Å². The van der Waals surface area contributed by atoms with Gasteiger partial charge in [-0.2, -0.15) is 0 Å². The van der Waals surface area contributed by atoms with E-state index in [9.17, 15) is 9.59 Å². The summed E-state index contributed by atoms with van der Waals surface area (Å²) < 4.78 is 5.09. The normalized spacial score (nSPS) is 10.3. The molecule has 0 heterocycles. The summed E-state index contributed by atoms with van der Waals surface area (Å²) >= 11 is 1.67. The number of carbonyl (C=O) groups is 2. The van der Waals surface area contributed by atoms with E-state index < -0.39 is 5.97 Å². The number of aliphatic carboxylic acids is 1. The average Bonchev–Trinajstić information content (AvgIpc) is 2.62. The van der Waals surface area contributed by atoms with Crippen molar-refractivity contribution in [3.63, 3.8) is 0 Å². The minimum atomic E-state index is -1.01. The summed E-state index contributed by atoms with van der Waals surface area (Å²) in [4.78, 5) is 25.5. The van der Waals surface area contributed by atoms with Crippen molar-refractivity contribution in [2.24, 2.45) is 0 Å². The molecule has 2 rings (SSSR count). The Balaban J connectivity index is 1.75. The zero-order valence-electron chi connectivity index (χ0n) is 14.1. The van der Waals surface area contributed by atoms with Crippen LogP contribution in [0.15, 0.2) is 59.5 Å². The highest BCUT2D eigenvalue weighted by Gasteiger charge is 2.09. The van der Waals surface area contributed by atoms with Crippen LogP contribution in [0, 0.1) is 0 Å². The molecular weight excluding hydrogens is 338 g/mol. The second-order valence-corrected chi connectivity index (χ2v) is 6.66. The molecule has 0 aliphatic rings. The first-order chi connectivity index (χ1) is 12.0. The third-order valence-electron chi connectivity index (χ3n) is 3.46. The Bertz CT molecular complexity index is 688. The molecule has 0 aliphatic carbocycles. The molecule has 2 aromatic rings. The first-order valence-electron chi connectivity index (χ1n) is 7.90. The number of thioether (sulfide) groups is 1. The molecule has 1 amide bonds. The summed E-state index contributed by atoms with van der Waals surface area (Å²) in [6.07, 6.45) is 0.482. The van der Waals surface area contributed by atoms with Crippen molar-refractivity contribution in [2.45, 2.75) is 17.9 Å². The molecule has 1 N–H and O–H groups in total. The standard InChI is InChI=1S/C19H21NO4S/c1-20(18(21)11-12-25-17-5-3-2-4-6-17)13-15-7-9-16(10-8-15)24-14-19(22)23/h2-10H,11-14H2,1H3,(H,22,23). The van der Waals surface area contributed by atoms with Crippen LogP contribution < -0.4 is 4.74 Å². The largest absolute Gasteiger partial charge is 0.482 e. The maximum Gasteiger partial charge on any atom is 0.341 e. The predicted molar refractivity (Wildman–Crippen MR) is 97.8 cm³/mol. The van der Waals surface area contributed by atoms with E-state index in [0.29, 0.717) is 18.7 Å². The van der Waals surface area contributed by atoms with E-state index in [1.165, 1.54) is 0 Å². The van der Waals surface area contributed by atoms with Gasteiger partial charge in [0, 0.05) is 30.7 Å². The van der Waals surface area contributed by atoms with Crippen LogP contribution in [0.3, 0.4) is 0 Å². The van der Waals surface area contributed by atoms with Gasteiger partial charge in [0.1, 0.15) is 5.75 Å². The van der Waals surface area contributed by atoms with Gasteiger partial charge in [-0.1, -0.05) is 30.3 Å². The Morgan fingerprint density at radius 1 is 1.08 bits per heavy atom. The minimum absolute atomic E-state index is 0.0923. The van der Waals surface area contributed by atoms with E-state index in [-0.39, 0.29) is 12.5 Å². The van der Waals surface area contributed by atoms with Crippen LogP contribution in [0.1, 0.15) is 12.0 Å². The van der Waals surface area contributed by atoms with Gasteiger partial charge in [0.05, 0.1) is 0 Å². The van der Waals surface area contributed by atoms with E-state index in [0.717, 1.165) is 16.2 Å². The van der Waals surface area contributed by atoms with Crippen molar-refractivity contribution >= 4 is 23.6 Å². The van der Waals surface area contributed by atoms with Crippen LogP contribution in [-0.2, 0) is 16.1 Å². The lowest BCUT2D eigenvalue weighted by atomic mass is 10.2.